The standard InChI is InChI=1S/C17H29NO2/c1-5-11-18-15(13-19)10-12-20-16-8-6-14(7-9-16)17(2,3)4/h6-9,15,18-19H,5,10-13H2,1-4H3. The molecule has 0 spiro atoms. The van der Waals surface area contributed by atoms with Crippen molar-refractivity contribution in [3.8, 4) is 5.75 Å². The molecule has 0 bridgehead atoms. The molecular formula is C17H29NO2. The van der Waals surface area contributed by atoms with Crippen molar-refractivity contribution in [2.24, 2.45) is 0 Å². The van der Waals surface area contributed by atoms with Gasteiger partial charge in [0.1, 0.15) is 5.75 Å². The highest BCUT2D eigenvalue weighted by molar-refractivity contribution is 5.31. The van der Waals surface area contributed by atoms with Crippen LogP contribution >= 0.6 is 0 Å². The number of ether oxygens (including phenoxy) is 1. The minimum Gasteiger partial charge on any atom is -0.494 e. The van der Waals surface area contributed by atoms with E-state index in [9.17, 15) is 5.11 Å². The van der Waals surface area contributed by atoms with E-state index < -0.39 is 0 Å². The van der Waals surface area contributed by atoms with Gasteiger partial charge in [0.25, 0.3) is 0 Å². The molecule has 1 aromatic carbocycles. The molecule has 0 amide bonds. The normalized spacial score (nSPS) is 13.2. The summed E-state index contributed by atoms with van der Waals surface area (Å²) in [6, 6.07) is 8.41. The van der Waals surface area contributed by atoms with Crippen LogP contribution in [0.2, 0.25) is 0 Å². The second kappa shape index (κ2) is 8.28. The maximum Gasteiger partial charge on any atom is 0.119 e. The van der Waals surface area contributed by atoms with E-state index in [0.29, 0.717) is 6.61 Å². The first-order valence-corrected chi connectivity index (χ1v) is 7.55. The highest BCUT2D eigenvalue weighted by Gasteiger charge is 2.13. The van der Waals surface area contributed by atoms with Gasteiger partial charge in [0.15, 0.2) is 0 Å². The van der Waals surface area contributed by atoms with Gasteiger partial charge in [0.05, 0.1) is 13.2 Å². The van der Waals surface area contributed by atoms with Crippen molar-refractivity contribution in [1.82, 2.24) is 5.32 Å². The van der Waals surface area contributed by atoms with Gasteiger partial charge in [0.2, 0.25) is 0 Å². The van der Waals surface area contributed by atoms with E-state index in [2.05, 4.69) is 45.1 Å². The molecule has 0 heterocycles. The van der Waals surface area contributed by atoms with Crippen LogP contribution in [0.25, 0.3) is 0 Å². The van der Waals surface area contributed by atoms with Gasteiger partial charge in [-0.05, 0) is 42.5 Å². The van der Waals surface area contributed by atoms with Crippen LogP contribution in [0, 0.1) is 0 Å². The fourth-order valence-corrected chi connectivity index (χ4v) is 1.98. The molecule has 0 radical (unpaired) electrons. The number of nitrogens with one attached hydrogen (secondary N) is 1. The SMILES string of the molecule is CCCNC(CO)CCOc1ccc(C(C)(C)C)cc1. The molecule has 0 aromatic heterocycles. The Labute approximate surface area is 123 Å². The van der Waals surface area contributed by atoms with Crippen LogP contribution in [0.15, 0.2) is 24.3 Å². The molecule has 1 atom stereocenters. The van der Waals surface area contributed by atoms with Gasteiger partial charge in [-0.15, -0.1) is 0 Å². The lowest BCUT2D eigenvalue weighted by molar-refractivity contribution is 0.209. The molecule has 114 valence electrons. The predicted molar refractivity (Wildman–Crippen MR) is 84.4 cm³/mol. The van der Waals surface area contributed by atoms with Crippen molar-refractivity contribution < 1.29 is 9.84 Å². The first-order valence-electron chi connectivity index (χ1n) is 7.55. The van der Waals surface area contributed by atoms with Gasteiger partial charge >= 0.3 is 0 Å². The van der Waals surface area contributed by atoms with Crippen LogP contribution in [-0.4, -0.2) is 30.9 Å². The van der Waals surface area contributed by atoms with Crippen LogP contribution in [0.5, 0.6) is 5.75 Å². The predicted octanol–water partition coefficient (Wildman–Crippen LogP) is 3.11. The second-order valence-corrected chi connectivity index (χ2v) is 6.25. The monoisotopic (exact) mass is 279 g/mol. The molecule has 0 aliphatic carbocycles. The molecule has 0 aliphatic heterocycles. The number of benzene rings is 1. The Bertz CT molecular complexity index is 368. The molecular weight excluding hydrogens is 250 g/mol. The zero-order valence-electron chi connectivity index (χ0n) is 13.3. The lowest BCUT2D eigenvalue weighted by atomic mass is 9.87. The highest BCUT2D eigenvalue weighted by atomic mass is 16.5. The lowest BCUT2D eigenvalue weighted by Crippen LogP contribution is -2.34. The molecule has 0 aliphatic rings. The largest absolute Gasteiger partial charge is 0.494 e. The Morgan fingerprint density at radius 1 is 1.20 bits per heavy atom. The van der Waals surface area contributed by atoms with Gasteiger partial charge in [-0.25, -0.2) is 0 Å². The van der Waals surface area contributed by atoms with E-state index in [4.69, 9.17) is 4.74 Å². The molecule has 1 aromatic rings. The Morgan fingerprint density at radius 2 is 1.85 bits per heavy atom. The number of aliphatic hydroxyl groups excluding tert-OH is 1. The van der Waals surface area contributed by atoms with Crippen LogP contribution in [-0.2, 0) is 5.41 Å². The highest BCUT2D eigenvalue weighted by Crippen LogP contribution is 2.24. The van der Waals surface area contributed by atoms with Crippen LogP contribution < -0.4 is 10.1 Å². The van der Waals surface area contributed by atoms with E-state index in [0.717, 1.165) is 25.1 Å². The smallest absolute Gasteiger partial charge is 0.119 e. The number of hydrogen-bond acceptors (Lipinski definition) is 3. The minimum atomic E-state index is 0.129. The third kappa shape index (κ3) is 5.93. The van der Waals surface area contributed by atoms with Crippen molar-refractivity contribution in [3.05, 3.63) is 29.8 Å². The third-order valence-electron chi connectivity index (χ3n) is 3.36. The van der Waals surface area contributed by atoms with Gasteiger partial charge in [-0.3, -0.25) is 0 Å². The van der Waals surface area contributed by atoms with Crippen LogP contribution in [0.4, 0.5) is 0 Å². The minimum absolute atomic E-state index is 0.129. The maximum absolute atomic E-state index is 9.26. The Hall–Kier alpha value is -1.06. The molecule has 0 saturated heterocycles. The molecule has 20 heavy (non-hydrogen) atoms. The summed E-state index contributed by atoms with van der Waals surface area (Å²) in [5.41, 5.74) is 1.48. The van der Waals surface area contributed by atoms with Crippen molar-refractivity contribution in [3.63, 3.8) is 0 Å². The first kappa shape index (κ1) is 17.0. The Kier molecular flexibility index (Phi) is 7.03. The molecule has 3 nitrogen and oxygen atoms in total. The van der Waals surface area contributed by atoms with Gasteiger partial charge in [0, 0.05) is 6.04 Å². The molecule has 2 N–H and O–H groups in total. The van der Waals surface area contributed by atoms with E-state index in [-0.39, 0.29) is 18.1 Å². The average molecular weight is 279 g/mol. The van der Waals surface area contributed by atoms with Crippen LogP contribution in [0.3, 0.4) is 0 Å². The summed E-state index contributed by atoms with van der Waals surface area (Å²) in [5, 5.41) is 12.6. The summed E-state index contributed by atoms with van der Waals surface area (Å²) in [6.45, 7) is 10.4. The summed E-state index contributed by atoms with van der Waals surface area (Å²) in [4.78, 5) is 0. The summed E-state index contributed by atoms with van der Waals surface area (Å²) in [5.74, 6) is 0.894. The molecule has 1 rings (SSSR count). The third-order valence-corrected chi connectivity index (χ3v) is 3.36. The van der Waals surface area contributed by atoms with E-state index in [1.165, 1.54) is 5.56 Å². The summed E-state index contributed by atoms with van der Waals surface area (Å²) >= 11 is 0. The van der Waals surface area contributed by atoms with E-state index >= 15 is 0 Å². The summed E-state index contributed by atoms with van der Waals surface area (Å²) in [6.07, 6.45) is 1.89. The zero-order chi connectivity index (χ0) is 15.0. The van der Waals surface area contributed by atoms with Crippen molar-refractivity contribution in [2.75, 3.05) is 19.8 Å². The van der Waals surface area contributed by atoms with E-state index in [1.807, 2.05) is 12.1 Å². The molecule has 0 fully saturated rings. The Morgan fingerprint density at radius 3 is 2.35 bits per heavy atom. The molecule has 3 heteroatoms. The number of aliphatic hydroxyl groups is 1. The van der Waals surface area contributed by atoms with Crippen LogP contribution in [0.1, 0.15) is 46.1 Å². The van der Waals surface area contributed by atoms with Gasteiger partial charge in [-0.2, -0.15) is 0 Å². The zero-order valence-corrected chi connectivity index (χ0v) is 13.3. The lowest BCUT2D eigenvalue weighted by Gasteiger charge is -2.19. The summed E-state index contributed by atoms with van der Waals surface area (Å²) in [7, 11) is 0. The van der Waals surface area contributed by atoms with Gasteiger partial charge < -0.3 is 15.2 Å². The fourth-order valence-electron chi connectivity index (χ4n) is 1.98. The van der Waals surface area contributed by atoms with Crippen molar-refractivity contribution in [1.29, 1.82) is 0 Å². The fraction of sp³-hybridized carbons (Fsp3) is 0.647. The Balaban J connectivity index is 2.38. The maximum atomic E-state index is 9.26. The van der Waals surface area contributed by atoms with Crippen molar-refractivity contribution >= 4 is 0 Å². The number of rotatable bonds is 8. The van der Waals surface area contributed by atoms with E-state index in [1.54, 1.807) is 0 Å². The topological polar surface area (TPSA) is 41.5 Å². The van der Waals surface area contributed by atoms with Gasteiger partial charge in [-0.1, -0.05) is 39.8 Å². The quantitative estimate of drug-likeness (QED) is 0.768. The molecule has 1 unspecified atom stereocenters. The van der Waals surface area contributed by atoms with Crippen molar-refractivity contribution in [2.45, 2.75) is 52.0 Å². The second-order valence-electron chi connectivity index (χ2n) is 6.25. The molecule has 0 saturated carbocycles. The average Bonchev–Trinajstić information content (AvgIpc) is 2.42. The summed E-state index contributed by atoms with van der Waals surface area (Å²) < 4.78 is 5.73. The first-order chi connectivity index (χ1) is 9.47. The number of hydrogen-bond donors (Lipinski definition) is 2.